The van der Waals surface area contributed by atoms with Gasteiger partial charge >= 0.3 is 5.97 Å². The zero-order chi connectivity index (χ0) is 21.1. The van der Waals surface area contributed by atoms with Crippen LogP contribution in [0.2, 0.25) is 0 Å². The number of hydrogen-bond donors (Lipinski definition) is 1. The van der Waals surface area contributed by atoms with E-state index in [4.69, 9.17) is 14.3 Å². The fraction of sp³-hybridized carbons (Fsp3) is 0.304. The summed E-state index contributed by atoms with van der Waals surface area (Å²) in [4.78, 5) is 16.9. The van der Waals surface area contributed by atoms with Gasteiger partial charge in [0, 0.05) is 5.56 Å². The second-order valence-corrected chi connectivity index (χ2v) is 6.27. The molecule has 0 fully saturated rings. The monoisotopic (exact) mass is 397 g/mol. The number of rotatable bonds is 11. The van der Waals surface area contributed by atoms with Crippen LogP contribution in [-0.2, 0) is 21.0 Å². The molecule has 0 aromatic heterocycles. The standard InChI is InChI=1S/C23H27NO5/c1-4-13-29-24-22(5-2)17-10-8-11-19(14-17)28-15-18-9-6-7-12-20(18)21(16-27-3)23(25)26/h6-12,14,16H,4-5,13,15H2,1-3H3,(H,25,26). The first kappa shape index (κ1) is 22.0. The molecule has 0 atom stereocenters. The van der Waals surface area contributed by atoms with Gasteiger partial charge in [-0.25, -0.2) is 4.79 Å². The minimum atomic E-state index is -1.06. The summed E-state index contributed by atoms with van der Waals surface area (Å²) in [5, 5.41) is 13.7. The lowest BCUT2D eigenvalue weighted by Crippen LogP contribution is -2.06. The zero-order valence-electron chi connectivity index (χ0n) is 17.1. The Hall–Kier alpha value is -3.28. The first-order chi connectivity index (χ1) is 14.1. The van der Waals surface area contributed by atoms with Crippen LogP contribution in [0.3, 0.4) is 0 Å². The van der Waals surface area contributed by atoms with Crippen LogP contribution in [-0.4, -0.2) is 30.5 Å². The van der Waals surface area contributed by atoms with Crippen molar-refractivity contribution in [3.8, 4) is 5.75 Å². The van der Waals surface area contributed by atoms with Crippen LogP contribution in [0.1, 0.15) is 43.4 Å². The Morgan fingerprint density at radius 3 is 2.62 bits per heavy atom. The number of hydrogen-bond acceptors (Lipinski definition) is 5. The molecule has 0 aliphatic rings. The molecule has 0 saturated carbocycles. The quantitative estimate of drug-likeness (QED) is 0.192. The second kappa shape index (κ2) is 11.5. The largest absolute Gasteiger partial charge is 0.503 e. The fourth-order valence-electron chi connectivity index (χ4n) is 2.72. The summed E-state index contributed by atoms with van der Waals surface area (Å²) in [6.45, 7) is 4.86. The second-order valence-electron chi connectivity index (χ2n) is 6.27. The maximum Gasteiger partial charge on any atom is 0.339 e. The van der Waals surface area contributed by atoms with E-state index in [2.05, 4.69) is 5.16 Å². The van der Waals surface area contributed by atoms with E-state index in [1.54, 1.807) is 12.1 Å². The van der Waals surface area contributed by atoms with E-state index in [-0.39, 0.29) is 12.2 Å². The van der Waals surface area contributed by atoms with E-state index in [1.807, 2.05) is 50.2 Å². The predicted octanol–water partition coefficient (Wildman–Crippen LogP) is 4.88. The molecule has 0 spiro atoms. The summed E-state index contributed by atoms with van der Waals surface area (Å²) in [5.41, 5.74) is 3.16. The minimum absolute atomic E-state index is 0.0777. The van der Waals surface area contributed by atoms with Crippen molar-refractivity contribution in [2.24, 2.45) is 5.16 Å². The van der Waals surface area contributed by atoms with E-state index < -0.39 is 5.97 Å². The van der Waals surface area contributed by atoms with Gasteiger partial charge in [-0.05, 0) is 36.1 Å². The van der Waals surface area contributed by atoms with E-state index in [0.29, 0.717) is 17.9 Å². The SMILES string of the molecule is CCCON=C(CC)c1cccc(OCc2ccccc2C(=COC)C(=O)O)c1. The molecular weight excluding hydrogens is 370 g/mol. The Balaban J connectivity index is 2.20. The Bertz CT molecular complexity index is 873. The molecule has 6 heteroatoms. The van der Waals surface area contributed by atoms with Gasteiger partial charge in [-0.1, -0.05) is 55.4 Å². The Kier molecular flexibility index (Phi) is 8.76. The van der Waals surface area contributed by atoms with Gasteiger partial charge in [0.05, 0.1) is 19.1 Å². The van der Waals surface area contributed by atoms with Gasteiger partial charge in [0.2, 0.25) is 0 Å². The molecule has 0 heterocycles. The van der Waals surface area contributed by atoms with Gasteiger partial charge in [0.15, 0.2) is 0 Å². The van der Waals surface area contributed by atoms with Crippen LogP contribution < -0.4 is 4.74 Å². The van der Waals surface area contributed by atoms with Crippen molar-refractivity contribution in [3.63, 3.8) is 0 Å². The highest BCUT2D eigenvalue weighted by atomic mass is 16.6. The lowest BCUT2D eigenvalue weighted by Gasteiger charge is -2.12. The number of methoxy groups -OCH3 is 1. The first-order valence-electron chi connectivity index (χ1n) is 9.57. The molecule has 6 nitrogen and oxygen atoms in total. The molecule has 0 aliphatic carbocycles. The molecule has 0 aliphatic heterocycles. The Labute approximate surface area is 171 Å². The summed E-state index contributed by atoms with van der Waals surface area (Å²) in [5.74, 6) is -0.390. The fourth-order valence-corrected chi connectivity index (χ4v) is 2.72. The number of benzene rings is 2. The summed E-state index contributed by atoms with van der Waals surface area (Å²) in [7, 11) is 1.42. The van der Waals surface area contributed by atoms with E-state index in [0.717, 1.165) is 29.7 Å². The number of carboxylic acid groups (broad SMARTS) is 1. The summed E-state index contributed by atoms with van der Waals surface area (Å²) >= 11 is 0. The number of oxime groups is 1. The van der Waals surface area contributed by atoms with Crippen LogP contribution in [0.5, 0.6) is 5.75 Å². The van der Waals surface area contributed by atoms with Gasteiger partial charge in [0.1, 0.15) is 24.5 Å². The van der Waals surface area contributed by atoms with Crippen molar-refractivity contribution >= 4 is 17.3 Å². The van der Waals surface area contributed by atoms with Crippen molar-refractivity contribution in [3.05, 3.63) is 71.5 Å². The maximum atomic E-state index is 11.6. The normalized spacial score (nSPS) is 11.8. The molecule has 29 heavy (non-hydrogen) atoms. The summed E-state index contributed by atoms with van der Waals surface area (Å²) < 4.78 is 10.9. The van der Waals surface area contributed by atoms with Crippen molar-refractivity contribution in [1.82, 2.24) is 0 Å². The molecule has 0 radical (unpaired) electrons. The van der Waals surface area contributed by atoms with Crippen molar-refractivity contribution in [2.45, 2.75) is 33.3 Å². The van der Waals surface area contributed by atoms with E-state index in [1.165, 1.54) is 13.4 Å². The van der Waals surface area contributed by atoms with Crippen LogP contribution in [0.25, 0.3) is 5.57 Å². The number of nitrogens with zero attached hydrogens (tertiary/aromatic N) is 1. The van der Waals surface area contributed by atoms with E-state index in [9.17, 15) is 9.90 Å². The first-order valence-corrected chi connectivity index (χ1v) is 9.57. The van der Waals surface area contributed by atoms with Gasteiger partial charge in [-0.3, -0.25) is 0 Å². The summed E-state index contributed by atoms with van der Waals surface area (Å²) in [6, 6.07) is 14.8. The van der Waals surface area contributed by atoms with Crippen LogP contribution in [0, 0.1) is 0 Å². The average Bonchev–Trinajstić information content (AvgIpc) is 2.74. The third-order valence-corrected chi connectivity index (χ3v) is 4.14. The van der Waals surface area contributed by atoms with Crippen molar-refractivity contribution < 1.29 is 24.2 Å². The maximum absolute atomic E-state index is 11.6. The van der Waals surface area contributed by atoms with Crippen molar-refractivity contribution in [1.29, 1.82) is 0 Å². The van der Waals surface area contributed by atoms with Gasteiger partial charge in [-0.2, -0.15) is 0 Å². The molecule has 0 saturated heterocycles. The van der Waals surface area contributed by atoms with E-state index >= 15 is 0 Å². The van der Waals surface area contributed by atoms with Gasteiger partial charge < -0.3 is 19.4 Å². The third kappa shape index (κ3) is 6.38. The number of carboxylic acids is 1. The predicted molar refractivity (Wildman–Crippen MR) is 113 cm³/mol. The van der Waals surface area contributed by atoms with Gasteiger partial charge in [-0.15, -0.1) is 0 Å². The Morgan fingerprint density at radius 1 is 1.14 bits per heavy atom. The lowest BCUT2D eigenvalue weighted by molar-refractivity contribution is -0.130. The number of carbonyl (C=O) groups is 1. The molecule has 1 N–H and O–H groups in total. The molecule has 0 unspecified atom stereocenters. The average molecular weight is 397 g/mol. The third-order valence-electron chi connectivity index (χ3n) is 4.14. The lowest BCUT2D eigenvalue weighted by atomic mass is 10.0. The molecule has 0 amide bonds. The van der Waals surface area contributed by atoms with Crippen LogP contribution in [0.15, 0.2) is 59.9 Å². The number of aliphatic carboxylic acids is 1. The molecule has 0 bridgehead atoms. The zero-order valence-corrected chi connectivity index (χ0v) is 17.1. The molecular formula is C23H27NO5. The smallest absolute Gasteiger partial charge is 0.339 e. The van der Waals surface area contributed by atoms with Crippen molar-refractivity contribution in [2.75, 3.05) is 13.7 Å². The van der Waals surface area contributed by atoms with Crippen LogP contribution >= 0.6 is 0 Å². The van der Waals surface area contributed by atoms with Crippen LogP contribution in [0.4, 0.5) is 0 Å². The minimum Gasteiger partial charge on any atom is -0.503 e. The summed E-state index contributed by atoms with van der Waals surface area (Å²) in [6.07, 6.45) is 2.86. The molecule has 2 aromatic carbocycles. The highest BCUT2D eigenvalue weighted by Gasteiger charge is 2.15. The molecule has 2 aromatic rings. The van der Waals surface area contributed by atoms with Gasteiger partial charge in [0.25, 0.3) is 0 Å². The highest BCUT2D eigenvalue weighted by Crippen LogP contribution is 2.23. The Morgan fingerprint density at radius 2 is 1.93 bits per heavy atom. The number of ether oxygens (including phenoxy) is 2. The molecule has 154 valence electrons. The highest BCUT2D eigenvalue weighted by molar-refractivity contribution is 6.15. The topological polar surface area (TPSA) is 77.3 Å². The molecule has 2 rings (SSSR count).